The predicted octanol–water partition coefficient (Wildman–Crippen LogP) is 1.52. The molecule has 2 aliphatic rings. The van der Waals surface area contributed by atoms with Crippen molar-refractivity contribution in [2.45, 2.75) is 12.8 Å². The molecule has 0 spiro atoms. The van der Waals surface area contributed by atoms with E-state index in [9.17, 15) is 4.79 Å². The maximum atomic E-state index is 12.4. The van der Waals surface area contributed by atoms with Crippen molar-refractivity contribution in [2.75, 3.05) is 26.2 Å². The summed E-state index contributed by atoms with van der Waals surface area (Å²) in [6.07, 6.45) is 4.23. The van der Waals surface area contributed by atoms with Gasteiger partial charge in [-0.1, -0.05) is 0 Å². The fourth-order valence-corrected chi connectivity index (χ4v) is 3.27. The third-order valence-electron chi connectivity index (χ3n) is 4.47. The molecule has 3 heterocycles. The second-order valence-electron chi connectivity index (χ2n) is 5.55. The molecule has 4 nitrogen and oxygen atoms in total. The van der Waals surface area contributed by atoms with Gasteiger partial charge in [0, 0.05) is 26.3 Å². The summed E-state index contributed by atoms with van der Waals surface area (Å²) in [4.78, 5) is 14.5. The molecule has 0 radical (unpaired) electrons. The summed E-state index contributed by atoms with van der Waals surface area (Å²) in [5.74, 6) is 1.74. The van der Waals surface area contributed by atoms with Crippen LogP contribution in [-0.2, 0) is 7.05 Å². The van der Waals surface area contributed by atoms with Crippen molar-refractivity contribution in [1.82, 2.24) is 14.8 Å². The van der Waals surface area contributed by atoms with Crippen LogP contribution in [0.4, 0.5) is 0 Å². The molecular formula is C14H22ClN3O. The first-order valence-electron chi connectivity index (χ1n) is 6.87. The highest BCUT2D eigenvalue weighted by Crippen LogP contribution is 2.27. The van der Waals surface area contributed by atoms with E-state index in [-0.39, 0.29) is 18.3 Å². The van der Waals surface area contributed by atoms with Crippen molar-refractivity contribution in [3.63, 3.8) is 0 Å². The van der Waals surface area contributed by atoms with Gasteiger partial charge in [0.25, 0.3) is 5.91 Å². The highest BCUT2D eigenvalue weighted by molar-refractivity contribution is 5.92. The van der Waals surface area contributed by atoms with Crippen molar-refractivity contribution >= 4 is 18.3 Å². The first kappa shape index (κ1) is 14.4. The van der Waals surface area contributed by atoms with E-state index in [4.69, 9.17) is 0 Å². The number of fused-ring (bicyclic) bond motifs is 1. The molecule has 19 heavy (non-hydrogen) atoms. The first-order valence-corrected chi connectivity index (χ1v) is 6.87. The van der Waals surface area contributed by atoms with E-state index < -0.39 is 0 Å². The monoisotopic (exact) mass is 283 g/mol. The summed E-state index contributed by atoms with van der Waals surface area (Å²) >= 11 is 0. The highest BCUT2D eigenvalue weighted by atomic mass is 35.5. The molecule has 0 aromatic carbocycles. The van der Waals surface area contributed by atoms with Gasteiger partial charge in [0.1, 0.15) is 5.69 Å². The first-order chi connectivity index (χ1) is 8.75. The Morgan fingerprint density at radius 3 is 2.42 bits per heavy atom. The number of amides is 1. The number of likely N-dealkylation sites (tertiary alicyclic amines) is 1. The number of halogens is 1. The minimum Gasteiger partial charge on any atom is -0.347 e. The third kappa shape index (κ3) is 2.79. The number of carbonyl (C=O) groups is 1. The van der Waals surface area contributed by atoms with Crippen LogP contribution in [0.1, 0.15) is 23.3 Å². The molecule has 2 saturated heterocycles. The van der Waals surface area contributed by atoms with E-state index in [1.165, 1.54) is 0 Å². The Labute approximate surface area is 120 Å². The van der Waals surface area contributed by atoms with Crippen LogP contribution in [0.25, 0.3) is 0 Å². The molecule has 2 atom stereocenters. The van der Waals surface area contributed by atoms with Gasteiger partial charge in [0.2, 0.25) is 0 Å². The average molecular weight is 284 g/mol. The Morgan fingerprint density at radius 2 is 1.89 bits per heavy atom. The van der Waals surface area contributed by atoms with E-state index in [1.54, 1.807) is 0 Å². The zero-order valence-electron chi connectivity index (χ0n) is 11.3. The van der Waals surface area contributed by atoms with Crippen LogP contribution in [0.2, 0.25) is 0 Å². The number of aryl methyl sites for hydroxylation is 1. The van der Waals surface area contributed by atoms with Gasteiger partial charge in [-0.3, -0.25) is 4.79 Å². The van der Waals surface area contributed by atoms with Gasteiger partial charge in [-0.05, 0) is 49.9 Å². The number of carbonyl (C=O) groups excluding carboxylic acids is 1. The van der Waals surface area contributed by atoms with Crippen molar-refractivity contribution < 1.29 is 4.79 Å². The molecule has 2 fully saturated rings. The number of rotatable bonds is 1. The summed E-state index contributed by atoms with van der Waals surface area (Å²) in [7, 11) is 1.93. The Hall–Kier alpha value is -1.00. The number of nitrogens with one attached hydrogen (secondary N) is 1. The Kier molecular flexibility index (Phi) is 4.53. The minimum atomic E-state index is 0. The molecule has 1 aromatic heterocycles. The normalized spacial score (nSPS) is 26.5. The van der Waals surface area contributed by atoms with Gasteiger partial charge in [-0.25, -0.2) is 0 Å². The molecule has 2 aliphatic heterocycles. The summed E-state index contributed by atoms with van der Waals surface area (Å²) in [6, 6.07) is 3.85. The number of hydrogen-bond donors (Lipinski definition) is 1. The maximum absolute atomic E-state index is 12.4. The lowest BCUT2D eigenvalue weighted by Gasteiger charge is -2.21. The number of hydrogen-bond acceptors (Lipinski definition) is 2. The lowest BCUT2D eigenvalue weighted by Crippen LogP contribution is -2.33. The molecule has 1 amide bonds. The van der Waals surface area contributed by atoms with E-state index in [1.807, 2.05) is 34.8 Å². The predicted molar refractivity (Wildman–Crippen MR) is 77.6 cm³/mol. The van der Waals surface area contributed by atoms with Crippen LogP contribution >= 0.6 is 12.4 Å². The van der Waals surface area contributed by atoms with Gasteiger partial charge in [-0.15, -0.1) is 12.4 Å². The van der Waals surface area contributed by atoms with E-state index >= 15 is 0 Å². The number of aromatic nitrogens is 1. The van der Waals surface area contributed by atoms with Crippen LogP contribution in [0.5, 0.6) is 0 Å². The topological polar surface area (TPSA) is 37.3 Å². The summed E-state index contributed by atoms with van der Waals surface area (Å²) < 4.78 is 1.91. The molecule has 0 aliphatic carbocycles. The molecular weight excluding hydrogens is 262 g/mol. The molecule has 0 saturated carbocycles. The fourth-order valence-electron chi connectivity index (χ4n) is 3.27. The summed E-state index contributed by atoms with van der Waals surface area (Å²) in [6.45, 7) is 4.09. The quantitative estimate of drug-likeness (QED) is 0.848. The molecule has 1 N–H and O–H groups in total. The van der Waals surface area contributed by atoms with Crippen LogP contribution in [-0.4, -0.2) is 41.6 Å². The Balaban J connectivity index is 0.00000133. The van der Waals surface area contributed by atoms with E-state index in [0.29, 0.717) is 0 Å². The second kappa shape index (κ2) is 5.97. The zero-order valence-corrected chi connectivity index (χ0v) is 12.2. The second-order valence-corrected chi connectivity index (χ2v) is 5.55. The number of nitrogens with zero attached hydrogens (tertiary/aromatic N) is 2. The fraction of sp³-hybridized carbons (Fsp3) is 0.643. The molecule has 0 bridgehead atoms. The zero-order chi connectivity index (χ0) is 12.5. The molecule has 1 aromatic rings. The van der Waals surface area contributed by atoms with Crippen molar-refractivity contribution in [3.8, 4) is 0 Å². The average Bonchev–Trinajstić information content (AvgIpc) is 2.94. The smallest absolute Gasteiger partial charge is 0.270 e. The van der Waals surface area contributed by atoms with Gasteiger partial charge in [0.15, 0.2) is 0 Å². The molecule has 3 rings (SSSR count). The SMILES string of the molecule is Cl.Cn1cccc1C(=O)N1CC[C@@H]2CNC[C@@H]2CC1. The van der Waals surface area contributed by atoms with Gasteiger partial charge in [-0.2, -0.15) is 0 Å². The lowest BCUT2D eigenvalue weighted by atomic mass is 9.92. The highest BCUT2D eigenvalue weighted by Gasteiger charge is 2.31. The maximum Gasteiger partial charge on any atom is 0.270 e. The van der Waals surface area contributed by atoms with Crippen LogP contribution in [0.3, 0.4) is 0 Å². The molecule has 5 heteroatoms. The van der Waals surface area contributed by atoms with Crippen molar-refractivity contribution in [3.05, 3.63) is 24.0 Å². The summed E-state index contributed by atoms with van der Waals surface area (Å²) in [5.41, 5.74) is 0.806. The van der Waals surface area contributed by atoms with Gasteiger partial charge in [0.05, 0.1) is 0 Å². The van der Waals surface area contributed by atoms with Crippen molar-refractivity contribution in [1.29, 1.82) is 0 Å². The Morgan fingerprint density at radius 1 is 1.26 bits per heavy atom. The van der Waals surface area contributed by atoms with Crippen LogP contribution in [0, 0.1) is 11.8 Å². The Bertz CT molecular complexity index is 432. The third-order valence-corrected chi connectivity index (χ3v) is 4.47. The van der Waals surface area contributed by atoms with Crippen LogP contribution < -0.4 is 5.32 Å². The lowest BCUT2D eigenvalue weighted by molar-refractivity contribution is 0.0749. The largest absolute Gasteiger partial charge is 0.347 e. The van der Waals surface area contributed by atoms with Gasteiger partial charge >= 0.3 is 0 Å². The minimum absolute atomic E-state index is 0. The van der Waals surface area contributed by atoms with Crippen molar-refractivity contribution in [2.24, 2.45) is 18.9 Å². The molecule has 106 valence electrons. The summed E-state index contributed by atoms with van der Waals surface area (Å²) in [5, 5.41) is 3.47. The van der Waals surface area contributed by atoms with E-state index in [0.717, 1.165) is 56.6 Å². The van der Waals surface area contributed by atoms with E-state index in [2.05, 4.69) is 5.32 Å². The standard InChI is InChI=1S/C14H21N3O.ClH/c1-16-6-2-3-13(16)14(18)17-7-4-11-9-15-10-12(11)5-8-17;/h2-3,6,11-12,15H,4-5,7-10H2,1H3;1H/t11-,12+;. The van der Waals surface area contributed by atoms with Gasteiger partial charge < -0.3 is 14.8 Å². The molecule has 0 unspecified atom stereocenters. The van der Waals surface area contributed by atoms with Crippen LogP contribution in [0.15, 0.2) is 18.3 Å².